The number of aromatic nitrogens is 2. The third kappa shape index (κ3) is 2.95. The molecule has 0 radical (unpaired) electrons. The van der Waals surface area contributed by atoms with Crippen molar-refractivity contribution < 1.29 is 29.6 Å². The molecule has 2 rings (SSSR count). The zero-order valence-corrected chi connectivity index (χ0v) is 11.7. The van der Waals surface area contributed by atoms with E-state index >= 15 is 0 Å². The average Bonchev–Trinajstić information content (AvgIpc) is 2.77. The van der Waals surface area contributed by atoms with E-state index in [2.05, 4.69) is 9.72 Å². The van der Waals surface area contributed by atoms with Crippen molar-refractivity contribution in [3.05, 3.63) is 22.1 Å². The van der Waals surface area contributed by atoms with Gasteiger partial charge in [-0.25, -0.2) is 0 Å². The summed E-state index contributed by atoms with van der Waals surface area (Å²) in [7, 11) is 1.20. The Labute approximate surface area is 124 Å². The molecule has 0 aromatic carbocycles. The molecule has 1 aliphatic heterocycles. The number of hydrogen-bond donors (Lipinski definition) is 4. The van der Waals surface area contributed by atoms with Crippen LogP contribution in [0.5, 0.6) is 0 Å². The largest absolute Gasteiger partial charge is 0.468 e. The van der Waals surface area contributed by atoms with Gasteiger partial charge in [-0.1, -0.05) is 0 Å². The molecule has 22 heavy (non-hydrogen) atoms. The molecule has 10 heteroatoms. The molecular formula is C12H17N3O7. The van der Waals surface area contributed by atoms with Gasteiger partial charge < -0.3 is 35.1 Å². The highest BCUT2D eigenvalue weighted by atomic mass is 16.6. The normalized spacial score (nSPS) is 27.8. The highest BCUT2D eigenvalue weighted by Crippen LogP contribution is 2.31. The molecule has 0 spiro atoms. The van der Waals surface area contributed by atoms with E-state index in [0.717, 1.165) is 4.57 Å². The minimum atomic E-state index is -1.41. The zero-order valence-electron chi connectivity index (χ0n) is 11.7. The lowest BCUT2D eigenvalue weighted by atomic mass is 10.0. The maximum atomic E-state index is 11.9. The van der Waals surface area contributed by atoms with E-state index in [-0.39, 0.29) is 18.1 Å². The van der Waals surface area contributed by atoms with Crippen LogP contribution in [0.25, 0.3) is 0 Å². The molecule has 5 N–H and O–H groups in total. The Morgan fingerprint density at radius 2 is 2.18 bits per heavy atom. The summed E-state index contributed by atoms with van der Waals surface area (Å²) in [6.07, 6.45) is -3.76. The van der Waals surface area contributed by atoms with E-state index in [0.29, 0.717) is 0 Å². The number of nitrogen functional groups attached to an aromatic ring is 1. The molecule has 0 saturated carbocycles. The first kappa shape index (κ1) is 16.4. The Hall–Kier alpha value is -2.01. The monoisotopic (exact) mass is 315 g/mol. The van der Waals surface area contributed by atoms with Gasteiger partial charge in [-0.15, -0.1) is 0 Å². The second-order valence-corrected chi connectivity index (χ2v) is 4.82. The van der Waals surface area contributed by atoms with Crippen LogP contribution >= 0.6 is 0 Å². The van der Waals surface area contributed by atoms with Gasteiger partial charge in [0.25, 0.3) is 5.56 Å². The Morgan fingerprint density at radius 1 is 1.50 bits per heavy atom. The fourth-order valence-electron chi connectivity index (χ4n) is 2.20. The molecule has 1 aromatic rings. The van der Waals surface area contributed by atoms with Gasteiger partial charge in [0.1, 0.15) is 31.0 Å². The van der Waals surface area contributed by atoms with Gasteiger partial charge in [-0.05, 0) is 0 Å². The van der Waals surface area contributed by atoms with Gasteiger partial charge in [0.2, 0.25) is 5.95 Å². The van der Waals surface area contributed by atoms with Crippen molar-refractivity contribution in [3.8, 4) is 0 Å². The molecule has 0 bridgehead atoms. The predicted molar refractivity (Wildman–Crippen MR) is 71.6 cm³/mol. The fourth-order valence-corrected chi connectivity index (χ4v) is 2.20. The number of hydrogen-bond acceptors (Lipinski definition) is 9. The SMILES string of the molecule is COC(=O)Cn1cc(C2OC(CO)C(O)C2O)c(=O)nc1N. The van der Waals surface area contributed by atoms with Crippen LogP contribution in [-0.2, 0) is 20.8 Å². The Morgan fingerprint density at radius 3 is 2.73 bits per heavy atom. The van der Waals surface area contributed by atoms with Crippen molar-refractivity contribution in [1.82, 2.24) is 9.55 Å². The van der Waals surface area contributed by atoms with Crippen LogP contribution in [0.1, 0.15) is 11.7 Å². The highest BCUT2D eigenvalue weighted by molar-refractivity contribution is 5.69. The van der Waals surface area contributed by atoms with Crippen LogP contribution in [0.2, 0.25) is 0 Å². The van der Waals surface area contributed by atoms with E-state index in [1.807, 2.05) is 0 Å². The number of aliphatic hydroxyl groups excluding tert-OH is 3. The summed E-state index contributed by atoms with van der Waals surface area (Å²) in [4.78, 5) is 26.8. The van der Waals surface area contributed by atoms with Crippen LogP contribution in [0.3, 0.4) is 0 Å². The van der Waals surface area contributed by atoms with E-state index in [1.54, 1.807) is 0 Å². The van der Waals surface area contributed by atoms with Crippen molar-refractivity contribution in [2.75, 3.05) is 19.5 Å². The summed E-state index contributed by atoms with van der Waals surface area (Å²) in [6, 6.07) is 0. The number of esters is 1. The molecule has 4 atom stereocenters. The van der Waals surface area contributed by atoms with Crippen LogP contribution in [0.4, 0.5) is 5.95 Å². The van der Waals surface area contributed by atoms with Crippen LogP contribution < -0.4 is 11.3 Å². The summed E-state index contributed by atoms with van der Waals surface area (Å²) in [6.45, 7) is -0.801. The number of rotatable bonds is 4. The second kappa shape index (κ2) is 6.40. The number of ether oxygens (including phenoxy) is 2. The number of carbonyl (C=O) groups is 1. The number of aliphatic hydroxyl groups is 3. The van der Waals surface area contributed by atoms with Gasteiger partial charge in [0.15, 0.2) is 0 Å². The Bertz CT molecular complexity index is 617. The van der Waals surface area contributed by atoms with Gasteiger partial charge >= 0.3 is 5.97 Å². The van der Waals surface area contributed by atoms with Crippen LogP contribution in [-0.4, -0.2) is 62.9 Å². The summed E-state index contributed by atoms with van der Waals surface area (Å²) in [5, 5.41) is 28.7. The molecule has 122 valence electrons. The molecule has 0 amide bonds. The molecule has 4 unspecified atom stereocenters. The third-order valence-corrected chi connectivity index (χ3v) is 3.43. The summed E-state index contributed by atoms with van der Waals surface area (Å²) < 4.78 is 10.9. The van der Waals surface area contributed by atoms with Crippen molar-refractivity contribution in [2.45, 2.75) is 31.0 Å². The number of anilines is 1. The molecule has 10 nitrogen and oxygen atoms in total. The average molecular weight is 315 g/mol. The summed E-state index contributed by atoms with van der Waals surface area (Å²) >= 11 is 0. The van der Waals surface area contributed by atoms with E-state index in [9.17, 15) is 19.8 Å². The van der Waals surface area contributed by atoms with E-state index < -0.39 is 42.6 Å². The van der Waals surface area contributed by atoms with Crippen molar-refractivity contribution in [2.24, 2.45) is 0 Å². The van der Waals surface area contributed by atoms with Gasteiger partial charge in [0.05, 0.1) is 19.3 Å². The molecule has 1 aliphatic rings. The maximum absolute atomic E-state index is 11.9. The lowest BCUT2D eigenvalue weighted by molar-refractivity contribution is -0.141. The molecular weight excluding hydrogens is 298 g/mol. The number of nitrogens with two attached hydrogens (primary N) is 1. The number of carbonyl (C=O) groups excluding carboxylic acids is 1. The first-order valence-corrected chi connectivity index (χ1v) is 6.45. The minimum Gasteiger partial charge on any atom is -0.468 e. The molecule has 0 aliphatic carbocycles. The first-order valence-electron chi connectivity index (χ1n) is 6.45. The highest BCUT2D eigenvalue weighted by Gasteiger charge is 2.44. The van der Waals surface area contributed by atoms with Gasteiger partial charge in [-0.2, -0.15) is 4.98 Å². The smallest absolute Gasteiger partial charge is 0.325 e. The number of nitrogens with zero attached hydrogens (tertiary/aromatic N) is 2. The number of methoxy groups -OCH3 is 1. The zero-order chi connectivity index (χ0) is 16.4. The van der Waals surface area contributed by atoms with Gasteiger partial charge in [0, 0.05) is 6.20 Å². The summed E-state index contributed by atoms with van der Waals surface area (Å²) in [5.74, 6) is -0.810. The fraction of sp³-hybridized carbons (Fsp3) is 0.583. The molecule has 1 fully saturated rings. The maximum Gasteiger partial charge on any atom is 0.325 e. The first-order chi connectivity index (χ1) is 10.4. The van der Waals surface area contributed by atoms with Crippen molar-refractivity contribution >= 4 is 11.9 Å². The third-order valence-electron chi connectivity index (χ3n) is 3.43. The lowest BCUT2D eigenvalue weighted by Gasteiger charge is -2.16. The second-order valence-electron chi connectivity index (χ2n) is 4.82. The Balaban J connectivity index is 2.37. The molecule has 1 saturated heterocycles. The summed E-state index contributed by atoms with van der Waals surface area (Å²) in [5.41, 5.74) is 4.72. The topological polar surface area (TPSA) is 157 Å². The molecule has 1 aromatic heterocycles. The van der Waals surface area contributed by atoms with Crippen molar-refractivity contribution in [3.63, 3.8) is 0 Å². The van der Waals surface area contributed by atoms with E-state index in [1.165, 1.54) is 13.3 Å². The minimum absolute atomic E-state index is 0.0828. The molecule has 2 heterocycles. The Kier molecular flexibility index (Phi) is 4.76. The van der Waals surface area contributed by atoms with Crippen LogP contribution in [0.15, 0.2) is 11.0 Å². The lowest BCUT2D eigenvalue weighted by Crippen LogP contribution is -2.33. The van der Waals surface area contributed by atoms with Crippen LogP contribution in [0, 0.1) is 0 Å². The van der Waals surface area contributed by atoms with Crippen molar-refractivity contribution in [1.29, 1.82) is 0 Å². The standard InChI is InChI=1S/C12H17N3O7/c1-21-7(17)3-15-2-5(11(20)14-12(15)13)10-9(19)8(18)6(4-16)22-10/h2,6,8-10,16,18-19H,3-4H2,1H3,(H2,13,14,20). The van der Waals surface area contributed by atoms with E-state index in [4.69, 9.17) is 15.6 Å². The predicted octanol–water partition coefficient (Wildman–Crippen LogP) is -2.85. The van der Waals surface area contributed by atoms with Gasteiger partial charge in [-0.3, -0.25) is 9.59 Å². The quantitative estimate of drug-likeness (QED) is 0.429.